The number of rotatable bonds is 1. The molecule has 1 aliphatic rings. The first-order chi connectivity index (χ1) is 10.2. The first-order valence-electron chi connectivity index (χ1n) is 6.84. The maximum atomic E-state index is 6.17. The van der Waals surface area contributed by atoms with Gasteiger partial charge in [-0.05, 0) is 40.2 Å². The quantitative estimate of drug-likeness (QED) is 0.728. The van der Waals surface area contributed by atoms with Gasteiger partial charge in [-0.2, -0.15) is 0 Å². The minimum absolute atomic E-state index is 0.103. The molecule has 106 valence electrons. The van der Waals surface area contributed by atoms with Crippen LogP contribution in [0.15, 0.2) is 46.9 Å². The molecule has 4 rings (SSSR count). The molecule has 1 unspecified atom stereocenters. The summed E-state index contributed by atoms with van der Waals surface area (Å²) in [5.74, 6) is 1.78. The van der Waals surface area contributed by atoms with E-state index in [-0.39, 0.29) is 6.10 Å². The van der Waals surface area contributed by atoms with Crippen LogP contribution in [0.25, 0.3) is 11.0 Å². The summed E-state index contributed by atoms with van der Waals surface area (Å²) < 4.78 is 9.22. The molecule has 0 spiro atoms. The summed E-state index contributed by atoms with van der Waals surface area (Å²) in [5, 5.41) is 3.42. The van der Waals surface area contributed by atoms with E-state index in [1.165, 1.54) is 0 Å². The number of hydrogen-bond acceptors (Lipinski definition) is 3. The Hall–Kier alpha value is -2.01. The zero-order valence-electron chi connectivity index (χ0n) is 11.5. The monoisotopic (exact) mass is 343 g/mol. The summed E-state index contributed by atoms with van der Waals surface area (Å²) >= 11 is 3.54. The molecule has 1 aromatic heterocycles. The summed E-state index contributed by atoms with van der Waals surface area (Å²) in [6, 6.07) is 14.1. The fraction of sp³-hybridized carbons (Fsp3) is 0.188. The molecular formula is C16H14BrN3O. The van der Waals surface area contributed by atoms with Gasteiger partial charge in [0.25, 0.3) is 0 Å². The number of imidazole rings is 1. The number of aromatic nitrogens is 2. The van der Waals surface area contributed by atoms with E-state index < -0.39 is 0 Å². The predicted octanol–water partition coefficient (Wildman–Crippen LogP) is 3.88. The Bertz CT molecular complexity index is 828. The van der Waals surface area contributed by atoms with Gasteiger partial charge in [-0.15, -0.1) is 0 Å². The van der Waals surface area contributed by atoms with Crippen molar-refractivity contribution in [1.29, 1.82) is 0 Å². The normalized spacial score (nSPS) is 17.1. The minimum Gasteiger partial charge on any atom is -0.477 e. The van der Waals surface area contributed by atoms with Gasteiger partial charge >= 0.3 is 0 Å². The molecule has 1 aliphatic heterocycles. The first kappa shape index (κ1) is 12.7. The highest BCUT2D eigenvalue weighted by atomic mass is 79.9. The molecule has 0 radical (unpaired) electrons. The van der Waals surface area contributed by atoms with E-state index in [1.807, 2.05) is 43.4 Å². The van der Waals surface area contributed by atoms with Crippen molar-refractivity contribution in [3.63, 3.8) is 0 Å². The lowest BCUT2D eigenvalue weighted by molar-refractivity contribution is 0.196. The maximum Gasteiger partial charge on any atom is 0.173 e. The van der Waals surface area contributed by atoms with Crippen LogP contribution in [0.3, 0.4) is 0 Å². The van der Waals surface area contributed by atoms with Gasteiger partial charge in [0.05, 0.1) is 27.7 Å². The predicted molar refractivity (Wildman–Crippen MR) is 86.7 cm³/mol. The van der Waals surface area contributed by atoms with Crippen molar-refractivity contribution in [3.8, 4) is 5.75 Å². The van der Waals surface area contributed by atoms with E-state index in [4.69, 9.17) is 9.72 Å². The topological polar surface area (TPSA) is 39.1 Å². The summed E-state index contributed by atoms with van der Waals surface area (Å²) in [5.41, 5.74) is 3.13. The van der Waals surface area contributed by atoms with Crippen LogP contribution in [-0.2, 0) is 7.05 Å². The molecule has 0 amide bonds. The molecule has 0 fully saturated rings. The van der Waals surface area contributed by atoms with Crippen molar-refractivity contribution >= 4 is 32.7 Å². The molecule has 1 N–H and O–H groups in total. The van der Waals surface area contributed by atoms with Crippen LogP contribution in [0.2, 0.25) is 0 Å². The Morgan fingerprint density at radius 3 is 2.95 bits per heavy atom. The third kappa shape index (κ3) is 2.00. The van der Waals surface area contributed by atoms with Crippen LogP contribution >= 0.6 is 15.9 Å². The highest BCUT2D eigenvalue weighted by molar-refractivity contribution is 9.10. The lowest BCUT2D eigenvalue weighted by Crippen LogP contribution is -2.26. The Balaban J connectivity index is 1.77. The smallest absolute Gasteiger partial charge is 0.173 e. The van der Waals surface area contributed by atoms with E-state index >= 15 is 0 Å². The van der Waals surface area contributed by atoms with Gasteiger partial charge < -0.3 is 14.6 Å². The summed E-state index contributed by atoms with van der Waals surface area (Å²) in [4.78, 5) is 4.72. The van der Waals surface area contributed by atoms with Crippen molar-refractivity contribution in [3.05, 3.63) is 52.8 Å². The molecule has 0 saturated carbocycles. The average Bonchev–Trinajstić information content (AvgIpc) is 2.85. The highest BCUT2D eigenvalue weighted by Gasteiger charge is 2.26. The Labute approximate surface area is 130 Å². The molecule has 21 heavy (non-hydrogen) atoms. The fourth-order valence-electron chi connectivity index (χ4n) is 2.75. The van der Waals surface area contributed by atoms with E-state index in [0.717, 1.165) is 32.8 Å². The van der Waals surface area contributed by atoms with Crippen molar-refractivity contribution in [2.24, 2.45) is 7.05 Å². The first-order valence-corrected chi connectivity index (χ1v) is 7.64. The lowest BCUT2D eigenvalue weighted by Gasteiger charge is -2.27. The second-order valence-corrected chi connectivity index (χ2v) is 5.98. The average molecular weight is 344 g/mol. The van der Waals surface area contributed by atoms with Crippen LogP contribution in [0.4, 0.5) is 5.69 Å². The second-order valence-electron chi connectivity index (χ2n) is 5.12. The second kappa shape index (κ2) is 4.77. The third-order valence-corrected chi connectivity index (χ3v) is 4.44. The van der Waals surface area contributed by atoms with Gasteiger partial charge in [-0.3, -0.25) is 0 Å². The molecule has 0 saturated heterocycles. The van der Waals surface area contributed by atoms with Gasteiger partial charge in [0.2, 0.25) is 0 Å². The van der Waals surface area contributed by atoms with E-state index in [2.05, 4.69) is 31.9 Å². The number of anilines is 1. The van der Waals surface area contributed by atoms with E-state index in [0.29, 0.717) is 6.54 Å². The number of hydrogen-bond donors (Lipinski definition) is 1. The fourth-order valence-corrected chi connectivity index (χ4v) is 3.21. The number of para-hydroxylation sites is 3. The summed E-state index contributed by atoms with van der Waals surface area (Å²) in [6.45, 7) is 0.709. The molecule has 2 heterocycles. The molecule has 1 atom stereocenters. The lowest BCUT2D eigenvalue weighted by atomic mass is 10.2. The van der Waals surface area contributed by atoms with Crippen molar-refractivity contribution < 1.29 is 4.74 Å². The molecule has 2 aromatic carbocycles. The molecule has 4 nitrogen and oxygen atoms in total. The van der Waals surface area contributed by atoms with Crippen molar-refractivity contribution in [2.45, 2.75) is 6.10 Å². The Kier molecular flexibility index (Phi) is 2.89. The van der Waals surface area contributed by atoms with E-state index in [9.17, 15) is 0 Å². The maximum absolute atomic E-state index is 6.17. The number of ether oxygens (including phenoxy) is 1. The van der Waals surface area contributed by atoms with Crippen molar-refractivity contribution in [2.75, 3.05) is 11.9 Å². The Morgan fingerprint density at radius 2 is 2.10 bits per heavy atom. The van der Waals surface area contributed by atoms with Crippen LogP contribution in [0.5, 0.6) is 5.75 Å². The number of fused-ring (bicyclic) bond motifs is 2. The minimum atomic E-state index is -0.103. The van der Waals surface area contributed by atoms with Gasteiger partial charge in [0.15, 0.2) is 17.7 Å². The van der Waals surface area contributed by atoms with Crippen LogP contribution in [-0.4, -0.2) is 16.1 Å². The van der Waals surface area contributed by atoms with Gasteiger partial charge in [0.1, 0.15) is 0 Å². The van der Waals surface area contributed by atoms with Crippen molar-refractivity contribution in [1.82, 2.24) is 9.55 Å². The summed E-state index contributed by atoms with van der Waals surface area (Å²) in [7, 11) is 2.03. The third-order valence-electron chi connectivity index (χ3n) is 3.81. The van der Waals surface area contributed by atoms with Crippen LogP contribution in [0.1, 0.15) is 11.9 Å². The van der Waals surface area contributed by atoms with Gasteiger partial charge in [-0.1, -0.05) is 18.2 Å². The standard InChI is InChI=1S/C16H14BrN3O/c1-20-13-8-3-2-6-11(13)19-16(20)14-9-18-12-7-4-5-10(17)15(12)21-14/h2-8,14,18H,9H2,1H3. The molecule has 3 aromatic rings. The van der Waals surface area contributed by atoms with Gasteiger partial charge in [-0.25, -0.2) is 4.98 Å². The highest BCUT2D eigenvalue weighted by Crippen LogP contribution is 2.39. The number of nitrogens with one attached hydrogen (secondary N) is 1. The molecule has 0 aliphatic carbocycles. The number of halogens is 1. The Morgan fingerprint density at radius 1 is 1.24 bits per heavy atom. The largest absolute Gasteiger partial charge is 0.477 e. The van der Waals surface area contributed by atoms with E-state index in [1.54, 1.807) is 0 Å². The number of benzene rings is 2. The van der Waals surface area contributed by atoms with Crippen LogP contribution in [0, 0.1) is 0 Å². The zero-order valence-corrected chi connectivity index (χ0v) is 13.1. The zero-order chi connectivity index (χ0) is 14.4. The SMILES string of the molecule is Cn1c(C2CNc3cccc(Br)c3O2)nc2ccccc21. The molecule has 5 heteroatoms. The van der Waals surface area contributed by atoms with Gasteiger partial charge in [0, 0.05) is 7.05 Å². The molecular weight excluding hydrogens is 330 g/mol. The number of nitrogens with zero attached hydrogens (tertiary/aromatic N) is 2. The summed E-state index contributed by atoms with van der Waals surface area (Å²) in [6.07, 6.45) is -0.103. The van der Waals surface area contributed by atoms with Crippen LogP contribution < -0.4 is 10.1 Å². The number of aryl methyl sites for hydroxylation is 1. The molecule has 0 bridgehead atoms.